The number of nitrogens with zero attached hydrogens (tertiary/aromatic N) is 2. The Balaban J connectivity index is 0.805. The van der Waals surface area contributed by atoms with Gasteiger partial charge in [0, 0.05) is 55.4 Å². The molecule has 0 aliphatic heterocycles. The summed E-state index contributed by atoms with van der Waals surface area (Å²) in [5, 5.41) is 1.20. The third kappa shape index (κ3) is 12.8. The molecule has 0 saturated heterocycles. The molecule has 410 valence electrons. The molecule has 0 spiro atoms. The van der Waals surface area contributed by atoms with Crippen LogP contribution >= 0.6 is 11.3 Å². The summed E-state index contributed by atoms with van der Waals surface area (Å²) in [6.07, 6.45) is 40.8. The van der Waals surface area contributed by atoms with Crippen molar-refractivity contribution in [1.29, 1.82) is 0 Å². The van der Waals surface area contributed by atoms with Crippen LogP contribution in [-0.2, 0) is 0 Å². The number of thiophene rings is 1. The molecule has 0 N–H and O–H groups in total. The summed E-state index contributed by atoms with van der Waals surface area (Å²) in [7, 11) is 0. The van der Waals surface area contributed by atoms with Crippen LogP contribution in [0.5, 0.6) is 0 Å². The zero-order chi connectivity index (χ0) is 57.7. The summed E-state index contributed by atoms with van der Waals surface area (Å²) < 4.78 is 2.42. The Morgan fingerprint density at radius 1 is 0.529 bits per heavy atom. The van der Waals surface area contributed by atoms with Crippen molar-refractivity contribution < 1.29 is 0 Å². The molecular formula is C82H66N2S. The lowest BCUT2D eigenvalue weighted by molar-refractivity contribution is 0.629. The zero-order valence-corrected chi connectivity index (χ0v) is 48.5. The predicted molar refractivity (Wildman–Crippen MR) is 369 cm³/mol. The normalized spacial score (nSPS) is 15.4. The van der Waals surface area contributed by atoms with Crippen molar-refractivity contribution >= 4 is 56.9 Å². The van der Waals surface area contributed by atoms with Crippen LogP contribution in [0.4, 0.5) is 11.4 Å². The Morgan fingerprint density at radius 2 is 1.13 bits per heavy atom. The first kappa shape index (κ1) is 55.2. The fourth-order valence-corrected chi connectivity index (χ4v) is 12.4. The van der Waals surface area contributed by atoms with E-state index in [-0.39, 0.29) is 12.0 Å². The quantitative estimate of drug-likeness (QED) is 0.0733. The first-order valence-corrected chi connectivity index (χ1v) is 30.0. The van der Waals surface area contributed by atoms with Crippen LogP contribution < -0.4 is 4.90 Å². The summed E-state index contributed by atoms with van der Waals surface area (Å²) in [5.74, 6) is 0.287. The van der Waals surface area contributed by atoms with Crippen LogP contribution in [0, 0.1) is 0 Å². The predicted octanol–water partition coefficient (Wildman–Crippen LogP) is 22.9. The van der Waals surface area contributed by atoms with Crippen LogP contribution in [0.2, 0.25) is 0 Å². The van der Waals surface area contributed by atoms with Crippen LogP contribution in [-0.4, -0.2) is 4.57 Å². The van der Waals surface area contributed by atoms with Gasteiger partial charge in [-0.1, -0.05) is 281 Å². The highest BCUT2D eigenvalue weighted by Gasteiger charge is 2.20. The van der Waals surface area contributed by atoms with E-state index in [1.807, 2.05) is 24.3 Å². The summed E-state index contributed by atoms with van der Waals surface area (Å²) in [6.45, 7) is 12.6. The lowest BCUT2D eigenvalue weighted by Crippen LogP contribution is -2.17. The molecule has 2 nitrogen and oxygen atoms in total. The number of rotatable bonds is 19. The van der Waals surface area contributed by atoms with Gasteiger partial charge in [-0.2, -0.15) is 0 Å². The lowest BCUT2D eigenvalue weighted by atomic mass is 9.90. The molecule has 0 saturated carbocycles. The molecule has 0 amide bonds. The molecule has 0 radical (unpaired) electrons. The van der Waals surface area contributed by atoms with E-state index in [0.717, 1.165) is 80.0 Å². The molecule has 2 aliphatic carbocycles. The van der Waals surface area contributed by atoms with Crippen LogP contribution in [0.25, 0.3) is 78.0 Å². The fraction of sp³-hybridized carbons (Fsp3) is 0.0488. The average Bonchev–Trinajstić information content (AvgIpc) is 4.42. The second-order valence-electron chi connectivity index (χ2n) is 21.3. The highest BCUT2D eigenvalue weighted by molar-refractivity contribution is 7.16. The second kappa shape index (κ2) is 26.3. The number of hydrogen-bond donors (Lipinski definition) is 0. The maximum absolute atomic E-state index is 4.24. The van der Waals surface area contributed by atoms with Crippen LogP contribution in [0.3, 0.4) is 0 Å². The molecule has 3 heteroatoms. The first-order valence-electron chi connectivity index (χ1n) is 29.2. The Kier molecular flexibility index (Phi) is 17.1. The largest absolute Gasteiger partial charge is 0.340 e. The van der Waals surface area contributed by atoms with E-state index in [0.29, 0.717) is 0 Å². The van der Waals surface area contributed by atoms with Gasteiger partial charge >= 0.3 is 0 Å². The van der Waals surface area contributed by atoms with Crippen LogP contribution in [0.15, 0.2) is 347 Å². The van der Waals surface area contributed by atoms with Gasteiger partial charge in [-0.25, -0.2) is 0 Å². The van der Waals surface area contributed by atoms with Crippen molar-refractivity contribution in [3.63, 3.8) is 0 Å². The Hall–Kier alpha value is -10.3. The molecule has 85 heavy (non-hydrogen) atoms. The van der Waals surface area contributed by atoms with E-state index in [1.165, 1.54) is 48.5 Å². The van der Waals surface area contributed by atoms with Gasteiger partial charge < -0.3 is 9.47 Å². The minimum atomic E-state index is 0.232. The Morgan fingerprint density at radius 3 is 1.76 bits per heavy atom. The smallest absolute Gasteiger partial charge is 0.0554 e. The SMILES string of the molecule is C=CC(C=CC=C(C=C)c1ccc(-c2ccccc2)s1)=Cc1cn(C2C=CC=CC2)c2ccc(-c3ccc(-c4ccc(N(C5=CCC(c6ccc(-c7ccccc7)cc6)C=C5)c5ccc(C(C=C)=CC=Cc6ccccc6)cc5)cc4)cc3)cc12. The molecular weight excluding hydrogens is 1040 g/mol. The van der Waals surface area contributed by atoms with Gasteiger partial charge in [0.05, 0.1) is 6.04 Å². The van der Waals surface area contributed by atoms with E-state index >= 15 is 0 Å². The molecule has 8 aromatic carbocycles. The third-order valence-corrected chi connectivity index (χ3v) is 17.2. The summed E-state index contributed by atoms with van der Waals surface area (Å²) in [6, 6.07) is 78.9. The maximum Gasteiger partial charge on any atom is 0.0554 e. The molecule has 2 aliphatic rings. The Labute approximate surface area is 505 Å². The van der Waals surface area contributed by atoms with E-state index in [4.69, 9.17) is 0 Å². The zero-order valence-electron chi connectivity index (χ0n) is 47.7. The molecule has 10 aromatic rings. The van der Waals surface area contributed by atoms with Gasteiger partial charge in [0.1, 0.15) is 0 Å². The number of fused-ring (bicyclic) bond motifs is 1. The summed E-state index contributed by atoms with van der Waals surface area (Å²) in [4.78, 5) is 4.80. The molecule has 2 atom stereocenters. The van der Waals surface area contributed by atoms with Crippen molar-refractivity contribution in [3.8, 4) is 43.8 Å². The van der Waals surface area contributed by atoms with Crippen molar-refractivity contribution in [2.24, 2.45) is 0 Å². The standard InChI is InChI=1S/C82H66N2S/c1-4-60(23-19-30-63(6-3)81-55-56-82(85-81)72-27-15-9-16-28-72)57-74-59-83(75-31-17-10-18-32-75)80-54-47-73(58-79(74)80)71-39-37-68(38-40-71)70-45-52-78(53-46-70)84(76-48-41-65(42-49-76)62(5-2)29-20-24-61-21-11-7-12-22-61)77-50-43-69(44-51-77)67-35-33-66(34-36-67)64-25-13-8-14-26-64/h4-31,33-43,45-59,69,75H,1-3,32,44H2. The number of anilines is 2. The number of allylic oxidation sites excluding steroid dienone is 18. The molecule has 2 unspecified atom stereocenters. The topological polar surface area (TPSA) is 8.17 Å². The van der Waals surface area contributed by atoms with Gasteiger partial charge in [-0.05, 0) is 146 Å². The highest BCUT2D eigenvalue weighted by Crippen LogP contribution is 2.39. The van der Waals surface area contributed by atoms with Crippen molar-refractivity contribution in [3.05, 3.63) is 374 Å². The van der Waals surface area contributed by atoms with Gasteiger partial charge in [0.2, 0.25) is 0 Å². The van der Waals surface area contributed by atoms with E-state index < -0.39 is 0 Å². The maximum atomic E-state index is 4.24. The minimum absolute atomic E-state index is 0.232. The second-order valence-corrected chi connectivity index (χ2v) is 22.4. The van der Waals surface area contributed by atoms with Gasteiger partial charge in [-0.3, -0.25) is 0 Å². The van der Waals surface area contributed by atoms with Gasteiger partial charge in [-0.15, -0.1) is 11.3 Å². The number of aromatic nitrogens is 1. The Bertz CT molecular complexity index is 4280. The van der Waals surface area contributed by atoms with Crippen LogP contribution in [0.1, 0.15) is 51.9 Å². The number of benzene rings is 8. The highest BCUT2D eigenvalue weighted by atomic mass is 32.1. The molecule has 2 heterocycles. The van der Waals surface area contributed by atoms with Crippen molar-refractivity contribution in [2.45, 2.75) is 24.8 Å². The molecule has 12 rings (SSSR count). The van der Waals surface area contributed by atoms with Gasteiger partial charge in [0.25, 0.3) is 0 Å². The fourth-order valence-electron chi connectivity index (χ4n) is 11.3. The van der Waals surface area contributed by atoms with Crippen molar-refractivity contribution in [2.75, 3.05) is 4.90 Å². The lowest BCUT2D eigenvalue weighted by Gasteiger charge is -2.29. The monoisotopic (exact) mass is 1110 g/mol. The van der Waals surface area contributed by atoms with E-state index in [2.05, 4.69) is 333 Å². The van der Waals surface area contributed by atoms with Gasteiger partial charge in [0.15, 0.2) is 0 Å². The minimum Gasteiger partial charge on any atom is -0.340 e. The summed E-state index contributed by atoms with van der Waals surface area (Å²) >= 11 is 1.78. The first-order chi connectivity index (χ1) is 42.0. The molecule has 0 fully saturated rings. The number of hydrogen-bond acceptors (Lipinski definition) is 2. The average molecular weight is 1110 g/mol. The van der Waals surface area contributed by atoms with Crippen molar-refractivity contribution in [1.82, 2.24) is 4.57 Å². The molecule has 0 bridgehead atoms. The van der Waals surface area contributed by atoms with E-state index in [9.17, 15) is 0 Å². The molecule has 2 aromatic heterocycles. The third-order valence-electron chi connectivity index (χ3n) is 16.0. The summed E-state index contributed by atoms with van der Waals surface area (Å²) in [5.41, 5.74) is 20.8. The van der Waals surface area contributed by atoms with E-state index in [1.54, 1.807) is 11.3 Å².